The summed E-state index contributed by atoms with van der Waals surface area (Å²) in [6, 6.07) is 0.662. The normalized spacial score (nSPS) is 17.2. The van der Waals surface area contributed by atoms with Crippen molar-refractivity contribution in [1.29, 1.82) is 0 Å². The highest BCUT2D eigenvalue weighted by Crippen LogP contribution is 2.17. The number of hydrogen-bond donors (Lipinski definition) is 2. The first-order valence-electron chi connectivity index (χ1n) is 6.45. The van der Waals surface area contributed by atoms with Crippen LogP contribution in [0, 0.1) is 0 Å². The second-order valence-electron chi connectivity index (χ2n) is 5.38. The Balaban J connectivity index is 4.59. The van der Waals surface area contributed by atoms with E-state index in [0.717, 1.165) is 13.0 Å². The third-order valence-corrected chi connectivity index (χ3v) is 3.45. The zero-order valence-electron chi connectivity index (χ0n) is 12.1. The molecule has 2 atom stereocenters. The summed E-state index contributed by atoms with van der Waals surface area (Å²) in [6.45, 7) is 10.9. The van der Waals surface area contributed by atoms with E-state index in [2.05, 4.69) is 31.0 Å². The van der Waals surface area contributed by atoms with Gasteiger partial charge in [-0.1, -0.05) is 6.92 Å². The molecule has 0 aliphatic rings. The number of rotatable bonds is 8. The van der Waals surface area contributed by atoms with E-state index < -0.39 is 11.5 Å². The molecule has 0 fully saturated rings. The van der Waals surface area contributed by atoms with Crippen LogP contribution in [0.4, 0.5) is 0 Å². The van der Waals surface area contributed by atoms with Crippen LogP contribution in [-0.2, 0) is 4.79 Å². The maximum absolute atomic E-state index is 11.4. The van der Waals surface area contributed by atoms with Gasteiger partial charge in [0.2, 0.25) is 0 Å². The maximum Gasteiger partial charge on any atom is 0.323 e. The second kappa shape index (κ2) is 6.97. The number of nitrogens with one attached hydrogen (secondary N) is 1. The maximum atomic E-state index is 11.4. The van der Waals surface area contributed by atoms with Gasteiger partial charge >= 0.3 is 5.97 Å². The minimum atomic E-state index is -0.835. The van der Waals surface area contributed by atoms with Crippen LogP contribution in [0.25, 0.3) is 0 Å². The third kappa shape index (κ3) is 5.04. The molecule has 0 aliphatic carbocycles. The van der Waals surface area contributed by atoms with Crippen LogP contribution in [0.15, 0.2) is 0 Å². The molecule has 0 bridgehead atoms. The van der Waals surface area contributed by atoms with E-state index in [1.54, 1.807) is 6.92 Å². The molecule has 0 amide bonds. The second-order valence-corrected chi connectivity index (χ2v) is 5.38. The molecule has 4 nitrogen and oxygen atoms in total. The van der Waals surface area contributed by atoms with Crippen molar-refractivity contribution in [2.45, 2.75) is 65.1 Å². The molecule has 0 aromatic rings. The van der Waals surface area contributed by atoms with Gasteiger partial charge in [0.1, 0.15) is 5.54 Å². The van der Waals surface area contributed by atoms with Gasteiger partial charge in [0, 0.05) is 12.1 Å². The lowest BCUT2D eigenvalue weighted by atomic mass is 9.92. The average molecular weight is 244 g/mol. The molecule has 0 saturated heterocycles. The van der Waals surface area contributed by atoms with Crippen LogP contribution in [0.5, 0.6) is 0 Å². The predicted molar refractivity (Wildman–Crippen MR) is 71.3 cm³/mol. The first-order valence-corrected chi connectivity index (χ1v) is 6.45. The molecule has 0 heterocycles. The van der Waals surface area contributed by atoms with Crippen molar-refractivity contribution < 1.29 is 9.90 Å². The van der Waals surface area contributed by atoms with Gasteiger partial charge in [-0.05, 0) is 54.1 Å². The van der Waals surface area contributed by atoms with Crippen LogP contribution in [0.2, 0.25) is 0 Å². The zero-order valence-corrected chi connectivity index (χ0v) is 12.1. The Morgan fingerprint density at radius 3 is 2.29 bits per heavy atom. The fourth-order valence-electron chi connectivity index (χ4n) is 1.88. The van der Waals surface area contributed by atoms with Gasteiger partial charge in [0.15, 0.2) is 0 Å². The van der Waals surface area contributed by atoms with Crippen molar-refractivity contribution in [3.63, 3.8) is 0 Å². The largest absolute Gasteiger partial charge is 0.480 e. The van der Waals surface area contributed by atoms with Crippen molar-refractivity contribution in [1.82, 2.24) is 10.2 Å². The molecular formula is C13H28N2O2. The van der Waals surface area contributed by atoms with Crippen molar-refractivity contribution in [3.8, 4) is 0 Å². The van der Waals surface area contributed by atoms with Crippen molar-refractivity contribution >= 4 is 5.97 Å². The summed E-state index contributed by atoms with van der Waals surface area (Å²) in [6.07, 6.45) is 1.55. The third-order valence-electron chi connectivity index (χ3n) is 3.45. The zero-order chi connectivity index (χ0) is 13.6. The SMILES string of the molecule is CCCNC(C)(CC(C)N(C)C(C)C)C(=O)O. The lowest BCUT2D eigenvalue weighted by molar-refractivity contribution is -0.145. The molecule has 4 heteroatoms. The van der Waals surface area contributed by atoms with Gasteiger partial charge in [-0.15, -0.1) is 0 Å². The molecule has 0 aliphatic heterocycles. The van der Waals surface area contributed by atoms with E-state index in [4.69, 9.17) is 0 Å². The molecule has 2 N–H and O–H groups in total. The van der Waals surface area contributed by atoms with Crippen LogP contribution in [0.1, 0.15) is 47.5 Å². The van der Waals surface area contributed by atoms with Crippen molar-refractivity contribution in [3.05, 3.63) is 0 Å². The quantitative estimate of drug-likeness (QED) is 0.685. The highest BCUT2D eigenvalue weighted by molar-refractivity contribution is 5.78. The monoisotopic (exact) mass is 244 g/mol. The molecule has 17 heavy (non-hydrogen) atoms. The van der Waals surface area contributed by atoms with E-state index in [-0.39, 0.29) is 6.04 Å². The van der Waals surface area contributed by atoms with Gasteiger partial charge in [-0.25, -0.2) is 0 Å². The smallest absolute Gasteiger partial charge is 0.323 e. The number of aliphatic carboxylic acids is 1. The standard InChI is InChI=1S/C13H28N2O2/c1-7-8-14-13(5,12(16)17)9-11(4)15(6)10(2)3/h10-11,14H,7-9H2,1-6H3,(H,16,17). The molecule has 0 aromatic heterocycles. The number of carbonyl (C=O) groups is 1. The van der Waals surface area contributed by atoms with E-state index in [0.29, 0.717) is 12.5 Å². The molecule has 0 aromatic carbocycles. The van der Waals surface area contributed by atoms with E-state index in [9.17, 15) is 9.90 Å². The van der Waals surface area contributed by atoms with E-state index in [1.807, 2.05) is 14.0 Å². The van der Waals surface area contributed by atoms with Gasteiger partial charge in [-0.3, -0.25) is 4.79 Å². The molecule has 102 valence electrons. The van der Waals surface area contributed by atoms with Crippen LogP contribution in [0.3, 0.4) is 0 Å². The van der Waals surface area contributed by atoms with Crippen LogP contribution >= 0.6 is 0 Å². The Bertz CT molecular complexity index is 244. The minimum absolute atomic E-state index is 0.237. The van der Waals surface area contributed by atoms with Gasteiger partial charge in [-0.2, -0.15) is 0 Å². The molecule has 2 unspecified atom stereocenters. The molecule has 0 spiro atoms. The van der Waals surface area contributed by atoms with Crippen molar-refractivity contribution in [2.24, 2.45) is 0 Å². The Hall–Kier alpha value is -0.610. The lowest BCUT2D eigenvalue weighted by Crippen LogP contribution is -2.54. The fourth-order valence-corrected chi connectivity index (χ4v) is 1.88. The highest BCUT2D eigenvalue weighted by Gasteiger charge is 2.35. The summed E-state index contributed by atoms with van der Waals surface area (Å²) in [7, 11) is 2.04. The number of carboxylic acid groups (broad SMARTS) is 1. The first-order chi connectivity index (χ1) is 7.74. The van der Waals surface area contributed by atoms with E-state index in [1.165, 1.54) is 0 Å². The topological polar surface area (TPSA) is 52.6 Å². The number of nitrogens with zero attached hydrogens (tertiary/aromatic N) is 1. The van der Waals surface area contributed by atoms with E-state index >= 15 is 0 Å². The number of carboxylic acids is 1. The van der Waals surface area contributed by atoms with Gasteiger partial charge in [0.05, 0.1) is 0 Å². The van der Waals surface area contributed by atoms with Crippen LogP contribution in [-0.4, -0.2) is 47.2 Å². The average Bonchev–Trinajstić information content (AvgIpc) is 2.24. The molecular weight excluding hydrogens is 216 g/mol. The molecule has 0 saturated carbocycles. The first kappa shape index (κ1) is 16.4. The fraction of sp³-hybridized carbons (Fsp3) is 0.923. The minimum Gasteiger partial charge on any atom is -0.480 e. The van der Waals surface area contributed by atoms with Gasteiger partial charge < -0.3 is 15.3 Å². The number of hydrogen-bond acceptors (Lipinski definition) is 3. The Labute approximate surface area is 105 Å². The Kier molecular flexibility index (Phi) is 6.72. The summed E-state index contributed by atoms with van der Waals surface area (Å²) < 4.78 is 0. The summed E-state index contributed by atoms with van der Waals surface area (Å²) in [5, 5.41) is 12.5. The highest BCUT2D eigenvalue weighted by atomic mass is 16.4. The summed E-state index contributed by atoms with van der Waals surface area (Å²) in [5.74, 6) is -0.769. The summed E-state index contributed by atoms with van der Waals surface area (Å²) >= 11 is 0. The Morgan fingerprint density at radius 1 is 1.41 bits per heavy atom. The predicted octanol–water partition coefficient (Wildman–Crippen LogP) is 1.95. The van der Waals surface area contributed by atoms with Crippen molar-refractivity contribution in [2.75, 3.05) is 13.6 Å². The summed E-state index contributed by atoms with van der Waals surface area (Å²) in [5.41, 5.74) is -0.835. The lowest BCUT2D eigenvalue weighted by Gasteiger charge is -2.35. The molecule has 0 radical (unpaired) electrons. The molecule has 0 rings (SSSR count). The van der Waals surface area contributed by atoms with Crippen LogP contribution < -0.4 is 5.32 Å². The summed E-state index contributed by atoms with van der Waals surface area (Å²) in [4.78, 5) is 13.6. The Morgan fingerprint density at radius 2 is 1.94 bits per heavy atom. The van der Waals surface area contributed by atoms with Gasteiger partial charge in [0.25, 0.3) is 0 Å².